The molecule has 1 fully saturated rings. The van der Waals surface area contributed by atoms with Gasteiger partial charge in [0.05, 0.1) is 11.1 Å². The summed E-state index contributed by atoms with van der Waals surface area (Å²) in [7, 11) is 1.39. The first-order chi connectivity index (χ1) is 15.8. The molecule has 0 saturated carbocycles. The summed E-state index contributed by atoms with van der Waals surface area (Å²) in [6.45, 7) is 6.10. The second-order valence-corrected chi connectivity index (χ2v) is 9.21. The highest BCUT2D eigenvalue weighted by Gasteiger charge is 2.46. The maximum atomic E-state index is 13.2. The lowest BCUT2D eigenvalue weighted by molar-refractivity contribution is -0.149. The number of benzene rings is 1. The van der Waals surface area contributed by atoms with Crippen LogP contribution in [0.25, 0.3) is 0 Å². The number of likely N-dealkylation sites (tertiary alicyclic amines) is 1. The van der Waals surface area contributed by atoms with Crippen molar-refractivity contribution >= 4 is 29.3 Å². The summed E-state index contributed by atoms with van der Waals surface area (Å²) in [5, 5.41) is 6.74. The minimum atomic E-state index is -0.927. The van der Waals surface area contributed by atoms with Gasteiger partial charge >= 0.3 is 0 Å². The largest absolute Gasteiger partial charge is 0.384 e. The molecule has 0 aliphatic carbocycles. The number of nitrogens with zero attached hydrogens (tertiary/aromatic N) is 2. The van der Waals surface area contributed by atoms with Crippen molar-refractivity contribution in [3.05, 3.63) is 29.3 Å². The lowest BCUT2D eigenvalue weighted by atomic mass is 10.0. The minimum Gasteiger partial charge on any atom is -0.384 e. The number of hydrogen-bond donors (Lipinski definition) is 2. The minimum absolute atomic E-state index is 0.139. The fourth-order valence-corrected chi connectivity index (χ4v) is 4.44. The van der Waals surface area contributed by atoms with Gasteiger partial charge in [-0.2, -0.15) is 0 Å². The number of amides is 4. The first kappa shape index (κ1) is 24.9. The highest BCUT2D eigenvalue weighted by Crippen LogP contribution is 2.33. The number of carbonyl (C=O) groups excluding carboxylic acids is 4. The van der Waals surface area contributed by atoms with Gasteiger partial charge in [0.25, 0.3) is 17.7 Å². The Balaban J connectivity index is 1.50. The number of unbranched alkanes of at least 4 members (excludes halogenated alkanes) is 5. The number of hydrogen-bond acceptors (Lipinski definition) is 6. The second-order valence-electron chi connectivity index (χ2n) is 9.21. The molecule has 33 heavy (non-hydrogen) atoms. The Hall–Kier alpha value is -2.74. The van der Waals surface area contributed by atoms with E-state index in [4.69, 9.17) is 0 Å². The van der Waals surface area contributed by atoms with Crippen molar-refractivity contribution in [3.63, 3.8) is 0 Å². The maximum Gasteiger partial charge on any atom is 0.264 e. The Labute approximate surface area is 196 Å². The smallest absolute Gasteiger partial charge is 0.264 e. The molecule has 0 bridgehead atoms. The first-order valence-corrected chi connectivity index (χ1v) is 12.1. The van der Waals surface area contributed by atoms with Gasteiger partial charge in [-0.15, -0.1) is 0 Å². The van der Waals surface area contributed by atoms with E-state index in [0.717, 1.165) is 29.2 Å². The van der Waals surface area contributed by atoms with E-state index in [0.29, 0.717) is 29.4 Å². The topological polar surface area (TPSA) is 98.8 Å². The summed E-state index contributed by atoms with van der Waals surface area (Å²) >= 11 is 0. The Kier molecular flexibility index (Phi) is 8.61. The Morgan fingerprint density at radius 3 is 2.30 bits per heavy atom. The SMILES string of the molecule is CC(C)NCCCCCCCCNc1cccc2c1C(=O)N(C1CCC(=O)N(C)C1=O)C2=O. The average Bonchev–Trinajstić information content (AvgIpc) is 3.04. The predicted octanol–water partition coefficient (Wildman–Crippen LogP) is 3.18. The van der Waals surface area contributed by atoms with Crippen molar-refractivity contribution in [2.75, 3.05) is 25.5 Å². The number of piperidine rings is 1. The Morgan fingerprint density at radius 2 is 1.61 bits per heavy atom. The van der Waals surface area contributed by atoms with Gasteiger partial charge in [0, 0.05) is 31.7 Å². The molecule has 2 aliphatic rings. The van der Waals surface area contributed by atoms with Gasteiger partial charge in [-0.25, -0.2) is 0 Å². The molecule has 2 aliphatic heterocycles. The molecule has 1 aromatic rings. The molecule has 0 aromatic heterocycles. The zero-order chi connectivity index (χ0) is 24.0. The van der Waals surface area contributed by atoms with Gasteiger partial charge in [-0.05, 0) is 37.9 Å². The van der Waals surface area contributed by atoms with E-state index in [1.165, 1.54) is 32.7 Å². The van der Waals surface area contributed by atoms with Gasteiger partial charge < -0.3 is 10.6 Å². The molecule has 1 unspecified atom stereocenters. The molecule has 3 rings (SSSR count). The maximum absolute atomic E-state index is 13.2. The third-order valence-corrected chi connectivity index (χ3v) is 6.35. The van der Waals surface area contributed by atoms with Gasteiger partial charge in [0.1, 0.15) is 6.04 Å². The van der Waals surface area contributed by atoms with Crippen LogP contribution in [0.15, 0.2) is 18.2 Å². The van der Waals surface area contributed by atoms with Gasteiger partial charge in [0.2, 0.25) is 5.91 Å². The fourth-order valence-electron chi connectivity index (χ4n) is 4.44. The van der Waals surface area contributed by atoms with Crippen molar-refractivity contribution in [2.45, 2.75) is 77.3 Å². The van der Waals surface area contributed by atoms with Crippen molar-refractivity contribution in [1.29, 1.82) is 0 Å². The van der Waals surface area contributed by atoms with Crippen LogP contribution < -0.4 is 10.6 Å². The molecule has 1 atom stereocenters. The monoisotopic (exact) mass is 456 g/mol. The highest BCUT2D eigenvalue weighted by molar-refractivity contribution is 6.25. The molecule has 180 valence electrons. The van der Waals surface area contributed by atoms with Crippen LogP contribution >= 0.6 is 0 Å². The first-order valence-electron chi connectivity index (χ1n) is 12.1. The molecule has 2 N–H and O–H groups in total. The third kappa shape index (κ3) is 5.79. The van der Waals surface area contributed by atoms with Gasteiger partial charge in [-0.1, -0.05) is 45.6 Å². The molecular weight excluding hydrogens is 420 g/mol. The average molecular weight is 457 g/mol. The van der Waals surface area contributed by atoms with Crippen LogP contribution in [0, 0.1) is 0 Å². The van der Waals surface area contributed by atoms with Crippen molar-refractivity contribution < 1.29 is 19.2 Å². The number of fused-ring (bicyclic) bond motifs is 1. The molecule has 2 heterocycles. The molecular formula is C25H36N4O4. The number of imide groups is 2. The fraction of sp³-hybridized carbons (Fsp3) is 0.600. The van der Waals surface area contributed by atoms with Gasteiger partial charge in [0.15, 0.2) is 0 Å². The number of nitrogens with one attached hydrogen (secondary N) is 2. The predicted molar refractivity (Wildman–Crippen MR) is 127 cm³/mol. The summed E-state index contributed by atoms with van der Waals surface area (Å²) in [5.41, 5.74) is 1.26. The third-order valence-electron chi connectivity index (χ3n) is 6.35. The molecule has 0 spiro atoms. The van der Waals surface area contributed by atoms with Crippen molar-refractivity contribution in [2.24, 2.45) is 0 Å². The quantitative estimate of drug-likeness (QED) is 0.370. The van der Waals surface area contributed by atoms with E-state index in [-0.39, 0.29) is 18.7 Å². The van der Waals surface area contributed by atoms with Crippen molar-refractivity contribution in [1.82, 2.24) is 15.1 Å². The molecule has 8 nitrogen and oxygen atoms in total. The van der Waals surface area contributed by atoms with Crippen LogP contribution in [0.3, 0.4) is 0 Å². The lowest BCUT2D eigenvalue weighted by Crippen LogP contribution is -2.54. The number of rotatable bonds is 12. The summed E-state index contributed by atoms with van der Waals surface area (Å²) < 4.78 is 0. The molecule has 1 aromatic carbocycles. The lowest BCUT2D eigenvalue weighted by Gasteiger charge is -2.32. The van der Waals surface area contributed by atoms with Crippen LogP contribution in [0.1, 0.15) is 85.9 Å². The summed E-state index contributed by atoms with van der Waals surface area (Å²) in [6, 6.07) is 4.78. The van der Waals surface area contributed by atoms with Crippen LogP contribution in [0.5, 0.6) is 0 Å². The highest BCUT2D eigenvalue weighted by atomic mass is 16.2. The zero-order valence-corrected chi connectivity index (χ0v) is 20.0. The van der Waals surface area contributed by atoms with E-state index >= 15 is 0 Å². The summed E-state index contributed by atoms with van der Waals surface area (Å²) in [6.07, 6.45) is 7.22. The Morgan fingerprint density at radius 1 is 0.939 bits per heavy atom. The zero-order valence-electron chi connectivity index (χ0n) is 20.0. The normalized spacial score (nSPS) is 18.5. The molecule has 8 heteroatoms. The van der Waals surface area contributed by atoms with E-state index in [2.05, 4.69) is 24.5 Å². The summed E-state index contributed by atoms with van der Waals surface area (Å²) in [5.74, 6) is -1.72. The molecule has 4 amide bonds. The van der Waals surface area contributed by atoms with Crippen LogP contribution in [0.4, 0.5) is 5.69 Å². The second kappa shape index (κ2) is 11.4. The van der Waals surface area contributed by atoms with Crippen LogP contribution in [0.2, 0.25) is 0 Å². The van der Waals surface area contributed by atoms with E-state index in [9.17, 15) is 19.2 Å². The van der Waals surface area contributed by atoms with E-state index in [1.807, 2.05) is 0 Å². The summed E-state index contributed by atoms with van der Waals surface area (Å²) in [4.78, 5) is 52.5. The van der Waals surface area contributed by atoms with Crippen LogP contribution in [-0.4, -0.2) is 65.6 Å². The van der Waals surface area contributed by atoms with E-state index in [1.54, 1.807) is 18.2 Å². The van der Waals surface area contributed by atoms with Gasteiger partial charge in [-0.3, -0.25) is 29.0 Å². The number of likely N-dealkylation sites (N-methyl/N-ethyl adjacent to an activating group) is 1. The molecule has 1 saturated heterocycles. The number of carbonyl (C=O) groups is 4. The number of anilines is 1. The van der Waals surface area contributed by atoms with Crippen LogP contribution in [-0.2, 0) is 9.59 Å². The molecule has 0 radical (unpaired) electrons. The van der Waals surface area contributed by atoms with E-state index < -0.39 is 23.8 Å². The Bertz CT molecular complexity index is 898. The standard InChI is InChI=1S/C25H36N4O4/c1-17(2)26-15-8-6-4-5-7-9-16-27-19-12-10-11-18-22(19)25(33)29(23(18)31)20-13-14-21(30)28(3)24(20)32/h10-12,17,20,26-27H,4-9,13-16H2,1-3H3. The van der Waals surface area contributed by atoms with Crippen molar-refractivity contribution in [3.8, 4) is 0 Å².